The summed E-state index contributed by atoms with van der Waals surface area (Å²) in [5.74, 6) is 1.39. The minimum atomic E-state index is -1.19. The number of hydrogen-bond donors (Lipinski definition) is 0. The van der Waals surface area contributed by atoms with Crippen LogP contribution in [0.4, 0.5) is 5.69 Å². The van der Waals surface area contributed by atoms with Crippen molar-refractivity contribution in [2.75, 3.05) is 0 Å². The van der Waals surface area contributed by atoms with E-state index >= 15 is 0 Å². The number of benzene rings is 11. The molecule has 2 aliphatic rings. The van der Waals surface area contributed by atoms with E-state index in [4.69, 9.17) is 26.3 Å². The highest BCUT2D eigenvalue weighted by atomic mass is 16.5. The zero-order valence-corrected chi connectivity index (χ0v) is 50.4. The van der Waals surface area contributed by atoms with Gasteiger partial charge in [0.05, 0.1) is 120 Å². The van der Waals surface area contributed by atoms with Gasteiger partial charge in [-0.2, -0.15) is 5.26 Å². The van der Waals surface area contributed by atoms with E-state index in [0.29, 0.717) is 22.7 Å². The first-order valence-corrected chi connectivity index (χ1v) is 31.7. The molecule has 0 saturated heterocycles. The van der Waals surface area contributed by atoms with Gasteiger partial charge in [-0.15, -0.1) is 0 Å². The second-order valence-corrected chi connectivity index (χ2v) is 24.9. The zero-order chi connectivity index (χ0) is 62.4. The largest absolute Gasteiger partial charge is 0.457 e. The molecule has 21 rings (SSSR count). The van der Waals surface area contributed by atoms with E-state index in [1.54, 1.807) is 0 Å². The van der Waals surface area contributed by atoms with Crippen LogP contribution in [0.25, 0.3) is 154 Å². The highest BCUT2D eigenvalue weighted by Gasteiger charge is 2.54. The van der Waals surface area contributed by atoms with Crippen LogP contribution in [0.15, 0.2) is 280 Å². The van der Waals surface area contributed by atoms with Crippen LogP contribution < -0.4 is 4.74 Å². The summed E-state index contributed by atoms with van der Waals surface area (Å²) in [5.41, 5.74) is 20.2. The highest BCUT2D eigenvalue weighted by Crippen LogP contribution is 2.63. The number of nitriles is 1. The highest BCUT2D eigenvalue weighted by molar-refractivity contribution is 6.15. The zero-order valence-electron chi connectivity index (χ0n) is 50.4. The molecule has 0 bridgehead atoms. The molecule has 1 unspecified atom stereocenters. The minimum Gasteiger partial charge on any atom is -0.457 e. The molecule has 11 nitrogen and oxygen atoms in total. The van der Waals surface area contributed by atoms with Crippen LogP contribution in [-0.2, 0) is 5.41 Å². The maximum absolute atomic E-state index is 10.3. The van der Waals surface area contributed by atoms with Crippen LogP contribution in [0, 0.1) is 17.9 Å². The quantitative estimate of drug-likeness (QED) is 0.160. The van der Waals surface area contributed by atoms with Crippen molar-refractivity contribution in [2.24, 2.45) is 0 Å². The van der Waals surface area contributed by atoms with Crippen LogP contribution in [0.1, 0.15) is 27.8 Å². The molecule has 0 radical (unpaired) electrons. The van der Waals surface area contributed by atoms with Gasteiger partial charge in [0.2, 0.25) is 0 Å². The molecule has 0 N–H and O–H groups in total. The lowest BCUT2D eigenvalue weighted by molar-refractivity contribution is 0.436. The molecule has 1 aliphatic heterocycles. The molecule has 11 aromatic carbocycles. The topological polar surface area (TPSA) is 101 Å². The van der Waals surface area contributed by atoms with Crippen LogP contribution in [0.2, 0.25) is 0 Å². The summed E-state index contributed by atoms with van der Waals surface area (Å²) in [6.07, 6.45) is 7.79. The molecule has 19 aromatic rings. The molecule has 11 heteroatoms. The lowest BCUT2D eigenvalue weighted by Gasteiger charge is -2.39. The number of pyridine rings is 3. The fourth-order valence-electron chi connectivity index (χ4n) is 16.5. The number of nitrogens with zero attached hydrogens (tertiary/aromatic N) is 10. The van der Waals surface area contributed by atoms with E-state index < -0.39 is 5.41 Å². The van der Waals surface area contributed by atoms with Gasteiger partial charge in [0.25, 0.3) is 0 Å². The Morgan fingerprint density at radius 3 is 1.19 bits per heavy atom. The normalized spacial score (nSPS) is 14.0. The Balaban J connectivity index is 0.885. The summed E-state index contributed by atoms with van der Waals surface area (Å²) in [6, 6.07) is 92.8. The number of fused-ring (bicyclic) bond motifs is 24. The van der Waals surface area contributed by atoms with Gasteiger partial charge in [0, 0.05) is 94.0 Å². The van der Waals surface area contributed by atoms with Crippen molar-refractivity contribution >= 4 is 115 Å². The SMILES string of the molecule is [C-]#[N+]c1ccc2c(c1)c1ccccc1n2-c1cnc2c(c1)C1(c3cc(-n4c5ccccc5c5cc(-n6c7ccccc7c7ccccc76)ccc54)ccc3Oc3ccc(-n4c5ccccc5c5ccncc54)cc31)c1cc(-n3c4ccccc4c4cc(C#N)ccc43)cnc1-2. The van der Waals surface area contributed by atoms with Crippen molar-refractivity contribution in [3.05, 3.63) is 319 Å². The van der Waals surface area contributed by atoms with Gasteiger partial charge < -0.3 is 27.6 Å². The first kappa shape index (κ1) is 51.4. The van der Waals surface area contributed by atoms with E-state index in [-0.39, 0.29) is 0 Å². The molecule has 1 atom stereocenters. The van der Waals surface area contributed by atoms with Crippen molar-refractivity contribution in [1.29, 1.82) is 5.26 Å². The summed E-state index contributed by atoms with van der Waals surface area (Å²) >= 11 is 0. The summed E-state index contributed by atoms with van der Waals surface area (Å²) in [7, 11) is 0. The number of aromatic nitrogens is 8. The summed E-state index contributed by atoms with van der Waals surface area (Å²) in [4.78, 5) is 19.9. The van der Waals surface area contributed by atoms with Gasteiger partial charge in [0.1, 0.15) is 11.5 Å². The van der Waals surface area contributed by atoms with E-state index in [2.05, 4.69) is 264 Å². The maximum atomic E-state index is 10.3. The Hall–Kier alpha value is -13.4. The standard InChI is InChI=1S/C84H46N10O/c1-86-50-27-32-77-64(39-50)60-18-6-13-25-75(60)94(77)55-44-69-83(89-47-55)82-68(43-54(46-88-82)93-74-24-12-5-17-59(74)63-38-49(45-85)26-31-76(63)93)84(69)66-41-52(29-34-80(66)95-81-35-30-53(42-67(81)84)92-72-22-10-4-16-58(72)62-36-37-87-48-79(62)92)91-73-23-11-7-19-61(73)65-40-51(28-33-78(65)91)90-70-20-8-2-14-56(70)57-15-3-9-21-71(57)90/h2-44,46-48H. The van der Waals surface area contributed by atoms with Crippen molar-refractivity contribution in [1.82, 2.24) is 37.8 Å². The molecule has 9 heterocycles. The van der Waals surface area contributed by atoms with Crippen molar-refractivity contribution in [3.63, 3.8) is 0 Å². The summed E-state index contributed by atoms with van der Waals surface area (Å²) < 4.78 is 19.2. The fraction of sp³-hybridized carbons (Fsp3) is 0.0119. The van der Waals surface area contributed by atoms with E-state index in [1.807, 2.05) is 49.1 Å². The number of ether oxygens (including phenoxy) is 1. The molecular weight excluding hydrogens is 1160 g/mol. The van der Waals surface area contributed by atoms with Crippen LogP contribution in [-0.4, -0.2) is 37.8 Å². The van der Waals surface area contributed by atoms with E-state index in [1.165, 1.54) is 10.8 Å². The van der Waals surface area contributed by atoms with Crippen LogP contribution in [0.3, 0.4) is 0 Å². The molecule has 8 aromatic heterocycles. The molecule has 1 spiro atoms. The molecule has 95 heavy (non-hydrogen) atoms. The Kier molecular flexibility index (Phi) is 10.2. The predicted molar refractivity (Wildman–Crippen MR) is 380 cm³/mol. The van der Waals surface area contributed by atoms with Gasteiger partial charge in [-0.1, -0.05) is 115 Å². The number of hydrogen-bond acceptors (Lipinski definition) is 5. The summed E-state index contributed by atoms with van der Waals surface area (Å²) in [6.45, 7) is 8.07. The molecule has 0 saturated carbocycles. The van der Waals surface area contributed by atoms with Gasteiger partial charge in [-0.05, 0) is 145 Å². The second kappa shape index (κ2) is 18.9. The van der Waals surface area contributed by atoms with Crippen molar-refractivity contribution in [3.8, 4) is 57.4 Å². The van der Waals surface area contributed by atoms with Crippen molar-refractivity contribution in [2.45, 2.75) is 5.41 Å². The first-order chi connectivity index (χ1) is 47.0. The third kappa shape index (κ3) is 6.81. The number of rotatable bonds is 5. The van der Waals surface area contributed by atoms with E-state index in [9.17, 15) is 5.26 Å². The van der Waals surface area contributed by atoms with Crippen LogP contribution in [0.5, 0.6) is 11.5 Å². The molecule has 438 valence electrons. The average molecular weight is 1210 g/mol. The third-order valence-electron chi connectivity index (χ3n) is 20.3. The monoisotopic (exact) mass is 1210 g/mol. The van der Waals surface area contributed by atoms with Crippen LogP contribution >= 0.6 is 0 Å². The Labute approximate surface area is 541 Å². The predicted octanol–water partition coefficient (Wildman–Crippen LogP) is 20.2. The lowest BCUT2D eigenvalue weighted by Crippen LogP contribution is -2.33. The fourth-order valence-corrected chi connectivity index (χ4v) is 16.5. The minimum absolute atomic E-state index is 0.574. The van der Waals surface area contributed by atoms with Gasteiger partial charge in [0.15, 0.2) is 5.69 Å². The molecular formula is C84H46N10O. The first-order valence-electron chi connectivity index (χ1n) is 31.7. The van der Waals surface area contributed by atoms with E-state index in [0.717, 1.165) is 160 Å². The second-order valence-electron chi connectivity index (χ2n) is 24.9. The Morgan fingerprint density at radius 2 is 0.705 bits per heavy atom. The average Bonchev–Trinajstić information content (AvgIpc) is 1.55. The van der Waals surface area contributed by atoms with Gasteiger partial charge >= 0.3 is 0 Å². The Morgan fingerprint density at radius 1 is 0.337 bits per heavy atom. The molecule has 0 fully saturated rings. The molecule has 0 amide bonds. The Bertz CT molecular complexity index is 6470. The lowest BCUT2D eigenvalue weighted by atomic mass is 9.66. The summed E-state index contributed by atoms with van der Waals surface area (Å²) in [5, 5.41) is 21.2. The van der Waals surface area contributed by atoms with Crippen molar-refractivity contribution < 1.29 is 4.74 Å². The van der Waals surface area contributed by atoms with Gasteiger partial charge in [-0.3, -0.25) is 15.0 Å². The molecule has 1 aliphatic carbocycles. The number of para-hydroxylation sites is 6. The maximum Gasteiger partial charge on any atom is 0.188 e. The van der Waals surface area contributed by atoms with Gasteiger partial charge in [-0.25, -0.2) is 4.85 Å². The smallest absolute Gasteiger partial charge is 0.188 e. The third-order valence-corrected chi connectivity index (χ3v) is 20.3.